The average Bonchev–Trinajstić information content (AvgIpc) is 2.91. The Balaban J connectivity index is 1.84. The first kappa shape index (κ1) is 19.8. The molecule has 0 bridgehead atoms. The molecule has 0 fully saturated rings. The van der Waals surface area contributed by atoms with E-state index in [1.165, 1.54) is 22.2 Å². The molecule has 1 N–H and O–H groups in total. The molecule has 1 amide bonds. The number of thioether (sulfide) groups is 1. The summed E-state index contributed by atoms with van der Waals surface area (Å²) in [5.41, 5.74) is 4.38. The van der Waals surface area contributed by atoms with Crippen molar-refractivity contribution in [2.24, 2.45) is 0 Å². The van der Waals surface area contributed by atoms with Crippen LogP contribution in [0, 0.1) is 20.8 Å². The van der Waals surface area contributed by atoms with Gasteiger partial charge in [-0.25, -0.2) is 9.97 Å². The normalized spacial score (nSPS) is 12.6. The van der Waals surface area contributed by atoms with Gasteiger partial charge in [0.1, 0.15) is 16.2 Å². The number of aryl methyl sites for hydroxylation is 3. The van der Waals surface area contributed by atoms with E-state index in [1.54, 1.807) is 17.7 Å². The molecule has 0 aliphatic carbocycles. The smallest absolute Gasteiger partial charge is 0.237 e. The van der Waals surface area contributed by atoms with Crippen molar-refractivity contribution in [3.8, 4) is 0 Å². The van der Waals surface area contributed by atoms with Crippen LogP contribution in [-0.4, -0.2) is 21.1 Å². The van der Waals surface area contributed by atoms with Crippen LogP contribution in [0.15, 0.2) is 29.6 Å². The Morgan fingerprint density at radius 1 is 1.15 bits per heavy atom. The van der Waals surface area contributed by atoms with E-state index in [-0.39, 0.29) is 11.2 Å². The SMILES string of the molecule is Cc1cccc(C(C)C)c1NC(=O)[C@H](C)Sc1ncnc2sc(C)c(C)c12. The molecule has 3 rings (SSSR count). The Bertz CT molecular complexity index is 995. The van der Waals surface area contributed by atoms with Crippen LogP contribution in [0.1, 0.15) is 48.3 Å². The third-order valence-electron chi connectivity index (χ3n) is 4.76. The molecule has 0 aliphatic rings. The Hall–Kier alpha value is -1.92. The van der Waals surface area contributed by atoms with Gasteiger partial charge in [-0.3, -0.25) is 4.79 Å². The van der Waals surface area contributed by atoms with Crippen LogP contribution in [0.25, 0.3) is 10.2 Å². The number of amides is 1. The zero-order valence-corrected chi connectivity index (χ0v) is 18.2. The maximum Gasteiger partial charge on any atom is 0.237 e. The Kier molecular flexibility index (Phi) is 5.86. The van der Waals surface area contributed by atoms with E-state index in [9.17, 15) is 4.79 Å². The van der Waals surface area contributed by atoms with E-state index in [4.69, 9.17) is 0 Å². The number of benzene rings is 1. The zero-order valence-electron chi connectivity index (χ0n) is 16.6. The summed E-state index contributed by atoms with van der Waals surface area (Å²) in [6.07, 6.45) is 1.59. The number of anilines is 1. The first-order valence-electron chi connectivity index (χ1n) is 9.07. The number of rotatable bonds is 5. The molecule has 0 aliphatic heterocycles. The van der Waals surface area contributed by atoms with Gasteiger partial charge in [0.15, 0.2) is 0 Å². The molecule has 1 aromatic carbocycles. The zero-order chi connectivity index (χ0) is 19.7. The lowest BCUT2D eigenvalue weighted by Gasteiger charge is -2.18. The third-order valence-corrected chi connectivity index (χ3v) is 6.98. The van der Waals surface area contributed by atoms with Crippen molar-refractivity contribution in [2.75, 3.05) is 5.32 Å². The van der Waals surface area contributed by atoms with Crippen LogP contribution in [0.2, 0.25) is 0 Å². The van der Waals surface area contributed by atoms with Crippen LogP contribution < -0.4 is 5.32 Å². The molecule has 142 valence electrons. The Morgan fingerprint density at radius 3 is 2.59 bits per heavy atom. The molecule has 0 spiro atoms. The van der Waals surface area contributed by atoms with Gasteiger partial charge < -0.3 is 5.32 Å². The maximum atomic E-state index is 12.9. The number of hydrogen-bond donors (Lipinski definition) is 1. The van der Waals surface area contributed by atoms with E-state index >= 15 is 0 Å². The van der Waals surface area contributed by atoms with Gasteiger partial charge in [0.2, 0.25) is 5.91 Å². The van der Waals surface area contributed by atoms with Gasteiger partial charge in [0.25, 0.3) is 0 Å². The number of thiophene rings is 1. The summed E-state index contributed by atoms with van der Waals surface area (Å²) in [6, 6.07) is 6.15. The minimum atomic E-state index is -0.262. The van der Waals surface area contributed by atoms with Crippen LogP contribution >= 0.6 is 23.1 Å². The topological polar surface area (TPSA) is 54.9 Å². The van der Waals surface area contributed by atoms with E-state index < -0.39 is 0 Å². The number of carbonyl (C=O) groups is 1. The predicted octanol–water partition coefficient (Wildman–Crippen LogP) is 5.86. The lowest BCUT2D eigenvalue weighted by molar-refractivity contribution is -0.115. The highest BCUT2D eigenvalue weighted by atomic mass is 32.2. The van der Waals surface area contributed by atoms with Gasteiger partial charge in [-0.15, -0.1) is 11.3 Å². The van der Waals surface area contributed by atoms with Gasteiger partial charge in [-0.05, 0) is 50.3 Å². The number of nitrogens with zero attached hydrogens (tertiary/aromatic N) is 2. The standard InChI is InChI=1S/C21H25N3OS2/c1-11(2)16-9-7-8-12(3)18(16)24-19(25)15(6)27-21-17-13(4)14(5)26-20(17)22-10-23-21/h7-11,15H,1-6H3,(H,24,25)/t15-/m0/s1. The second-order valence-electron chi connectivity index (χ2n) is 7.09. The van der Waals surface area contributed by atoms with Crippen LogP contribution in [0.4, 0.5) is 5.69 Å². The molecule has 4 nitrogen and oxygen atoms in total. The van der Waals surface area contributed by atoms with E-state index in [0.29, 0.717) is 5.92 Å². The predicted molar refractivity (Wildman–Crippen MR) is 116 cm³/mol. The molecular formula is C21H25N3OS2. The van der Waals surface area contributed by atoms with Crippen molar-refractivity contribution in [1.29, 1.82) is 0 Å². The summed E-state index contributed by atoms with van der Waals surface area (Å²) in [5, 5.41) is 4.83. The fraction of sp³-hybridized carbons (Fsp3) is 0.381. The molecule has 6 heteroatoms. The fourth-order valence-electron chi connectivity index (χ4n) is 3.03. The maximum absolute atomic E-state index is 12.9. The lowest BCUT2D eigenvalue weighted by atomic mass is 9.98. The Morgan fingerprint density at radius 2 is 1.89 bits per heavy atom. The van der Waals surface area contributed by atoms with Crippen molar-refractivity contribution in [1.82, 2.24) is 9.97 Å². The quantitative estimate of drug-likeness (QED) is 0.431. The number of hydrogen-bond acceptors (Lipinski definition) is 5. The lowest BCUT2D eigenvalue weighted by Crippen LogP contribution is -2.24. The summed E-state index contributed by atoms with van der Waals surface area (Å²) in [7, 11) is 0. The fourth-order valence-corrected chi connectivity index (χ4v) is 5.07. The highest BCUT2D eigenvalue weighted by Crippen LogP contribution is 2.36. The van der Waals surface area contributed by atoms with Gasteiger partial charge in [0, 0.05) is 16.0 Å². The van der Waals surface area contributed by atoms with Gasteiger partial charge in [-0.2, -0.15) is 0 Å². The largest absolute Gasteiger partial charge is 0.325 e. The van der Waals surface area contributed by atoms with Crippen molar-refractivity contribution in [2.45, 2.75) is 57.7 Å². The molecule has 3 aromatic rings. The number of aromatic nitrogens is 2. The summed E-state index contributed by atoms with van der Waals surface area (Å²) < 4.78 is 0. The first-order chi connectivity index (χ1) is 12.8. The number of para-hydroxylation sites is 1. The highest BCUT2D eigenvalue weighted by Gasteiger charge is 2.21. The van der Waals surface area contributed by atoms with Gasteiger partial charge >= 0.3 is 0 Å². The average molecular weight is 400 g/mol. The van der Waals surface area contributed by atoms with E-state index in [0.717, 1.165) is 32.1 Å². The molecule has 27 heavy (non-hydrogen) atoms. The molecule has 1 atom stereocenters. The van der Waals surface area contributed by atoms with E-state index in [1.807, 2.05) is 26.0 Å². The van der Waals surface area contributed by atoms with Crippen LogP contribution in [0.3, 0.4) is 0 Å². The molecule has 0 saturated carbocycles. The summed E-state index contributed by atoms with van der Waals surface area (Å²) in [4.78, 5) is 24.0. The summed E-state index contributed by atoms with van der Waals surface area (Å²) in [6.45, 7) is 12.4. The third kappa shape index (κ3) is 4.01. The monoisotopic (exact) mass is 399 g/mol. The van der Waals surface area contributed by atoms with Crippen molar-refractivity contribution in [3.63, 3.8) is 0 Å². The van der Waals surface area contributed by atoms with Gasteiger partial charge in [-0.1, -0.05) is 43.8 Å². The van der Waals surface area contributed by atoms with E-state index in [2.05, 4.69) is 49.0 Å². The first-order valence-corrected chi connectivity index (χ1v) is 10.8. The summed E-state index contributed by atoms with van der Waals surface area (Å²) in [5.74, 6) is 0.341. The number of nitrogens with one attached hydrogen (secondary N) is 1. The highest BCUT2D eigenvalue weighted by molar-refractivity contribution is 8.00. The van der Waals surface area contributed by atoms with Crippen LogP contribution in [-0.2, 0) is 4.79 Å². The molecule has 2 heterocycles. The minimum Gasteiger partial charge on any atom is -0.325 e. The molecule has 0 unspecified atom stereocenters. The number of carbonyl (C=O) groups excluding carboxylic acids is 1. The second-order valence-corrected chi connectivity index (χ2v) is 9.62. The summed E-state index contributed by atoms with van der Waals surface area (Å²) >= 11 is 3.16. The Labute approximate surface area is 168 Å². The number of fused-ring (bicyclic) bond motifs is 1. The molecular weight excluding hydrogens is 374 g/mol. The van der Waals surface area contributed by atoms with Crippen molar-refractivity contribution >= 4 is 44.9 Å². The second kappa shape index (κ2) is 7.98. The van der Waals surface area contributed by atoms with Crippen LogP contribution in [0.5, 0.6) is 0 Å². The molecule has 2 aromatic heterocycles. The van der Waals surface area contributed by atoms with Crippen molar-refractivity contribution < 1.29 is 4.79 Å². The molecule has 0 radical (unpaired) electrons. The molecule has 0 saturated heterocycles. The van der Waals surface area contributed by atoms with Gasteiger partial charge in [0.05, 0.1) is 5.25 Å². The van der Waals surface area contributed by atoms with Crippen molar-refractivity contribution in [3.05, 3.63) is 46.1 Å². The minimum absolute atomic E-state index is 0.00688.